The van der Waals surface area contributed by atoms with Crippen LogP contribution in [-0.4, -0.2) is 59.1 Å². The number of hydrogen-bond donors (Lipinski definition) is 1. The van der Waals surface area contributed by atoms with Crippen molar-refractivity contribution < 1.29 is 13.9 Å². The van der Waals surface area contributed by atoms with Crippen molar-refractivity contribution in [3.8, 4) is 11.6 Å². The predicted octanol–water partition coefficient (Wildman–Crippen LogP) is 4.52. The molecular formula is C31H26N6O3. The van der Waals surface area contributed by atoms with E-state index in [-0.39, 0.29) is 24.1 Å². The van der Waals surface area contributed by atoms with Gasteiger partial charge in [0.15, 0.2) is 17.6 Å². The van der Waals surface area contributed by atoms with Gasteiger partial charge in [0.2, 0.25) is 0 Å². The van der Waals surface area contributed by atoms with Crippen molar-refractivity contribution in [2.45, 2.75) is 12.6 Å². The number of benzene rings is 3. The van der Waals surface area contributed by atoms with E-state index in [9.17, 15) is 4.79 Å². The minimum Gasteiger partial charge on any atom is -0.402 e. The number of fused-ring (bicyclic) bond motifs is 2. The normalized spacial score (nSPS) is 17.3. The maximum absolute atomic E-state index is 13.4. The van der Waals surface area contributed by atoms with Crippen molar-refractivity contribution in [3.05, 3.63) is 102 Å². The lowest BCUT2D eigenvalue weighted by Crippen LogP contribution is -2.36. The van der Waals surface area contributed by atoms with E-state index in [1.807, 2.05) is 79.0 Å². The van der Waals surface area contributed by atoms with Gasteiger partial charge >= 0.3 is 6.01 Å². The molecule has 0 spiro atoms. The Morgan fingerprint density at radius 2 is 1.65 bits per heavy atom. The molecule has 4 heterocycles. The van der Waals surface area contributed by atoms with Crippen molar-refractivity contribution in [1.29, 1.82) is 0 Å². The minimum absolute atomic E-state index is 0.0871. The molecular weight excluding hydrogens is 504 g/mol. The number of ketones is 1. The Morgan fingerprint density at radius 3 is 2.52 bits per heavy atom. The molecule has 1 atom stereocenters. The molecule has 2 aliphatic heterocycles. The summed E-state index contributed by atoms with van der Waals surface area (Å²) in [5.74, 6) is 0.183. The van der Waals surface area contributed by atoms with E-state index in [4.69, 9.17) is 19.1 Å². The standard InChI is InChI=1S/C31H26N6O3/c38-25-18-21-10-4-6-12-23(21)26(20-8-2-1-3-9-20)33-29(25)34-31-36-35-30(40-31)27-28(37-14-16-39-17-15-37)24-13-7-5-11-22(24)19-32-27/h1-13,19,29H,14-18H2,(H,34,36)/t29-/m1/s1. The topological polar surface area (TPSA) is 106 Å². The third kappa shape index (κ3) is 4.50. The van der Waals surface area contributed by atoms with Crippen LogP contribution in [0.5, 0.6) is 0 Å². The summed E-state index contributed by atoms with van der Waals surface area (Å²) in [5.41, 5.74) is 5.06. The number of Topliss-reactive ketones (excluding diaryl/α,β-unsaturated/α-hetero) is 1. The van der Waals surface area contributed by atoms with E-state index in [1.54, 1.807) is 0 Å². The molecule has 3 aromatic carbocycles. The molecule has 9 heteroatoms. The van der Waals surface area contributed by atoms with Gasteiger partial charge in [-0.05, 0) is 5.56 Å². The van der Waals surface area contributed by atoms with Crippen LogP contribution in [0.2, 0.25) is 0 Å². The van der Waals surface area contributed by atoms with Crippen LogP contribution in [0.3, 0.4) is 0 Å². The van der Waals surface area contributed by atoms with E-state index in [2.05, 4.69) is 26.5 Å². The zero-order chi connectivity index (χ0) is 26.9. The Labute approximate surface area is 230 Å². The van der Waals surface area contributed by atoms with Crippen molar-refractivity contribution in [2.24, 2.45) is 4.99 Å². The first-order valence-corrected chi connectivity index (χ1v) is 13.3. The Morgan fingerprint density at radius 1 is 0.875 bits per heavy atom. The molecule has 2 aliphatic rings. The van der Waals surface area contributed by atoms with Crippen LogP contribution in [0.25, 0.3) is 22.4 Å². The molecule has 7 rings (SSSR count). The highest BCUT2D eigenvalue weighted by molar-refractivity contribution is 6.16. The molecule has 0 bridgehead atoms. The fraction of sp³-hybridized carbons (Fsp3) is 0.194. The summed E-state index contributed by atoms with van der Waals surface area (Å²) >= 11 is 0. The number of anilines is 2. The molecule has 9 nitrogen and oxygen atoms in total. The van der Waals surface area contributed by atoms with Gasteiger partial charge in [-0.2, -0.15) is 0 Å². The van der Waals surface area contributed by atoms with Crippen molar-refractivity contribution >= 4 is 34.0 Å². The first-order valence-electron chi connectivity index (χ1n) is 13.3. The SMILES string of the molecule is O=C1Cc2ccccc2C(c2ccccc2)=N[C@@H]1Nc1nnc(-c2ncc3ccccc3c2N2CCOCC2)o1. The summed E-state index contributed by atoms with van der Waals surface area (Å²) in [6.07, 6.45) is 1.16. The van der Waals surface area contributed by atoms with Gasteiger partial charge in [0.05, 0.1) is 24.6 Å². The quantitative estimate of drug-likeness (QED) is 0.354. The van der Waals surface area contributed by atoms with Crippen molar-refractivity contribution in [3.63, 3.8) is 0 Å². The Hall–Kier alpha value is -4.89. The molecule has 0 aliphatic carbocycles. The number of aromatic nitrogens is 3. The number of ether oxygens (including phenoxy) is 1. The summed E-state index contributed by atoms with van der Waals surface area (Å²) in [6.45, 7) is 2.73. The molecule has 198 valence electrons. The van der Waals surface area contributed by atoms with Gasteiger partial charge in [-0.1, -0.05) is 84.0 Å². The monoisotopic (exact) mass is 530 g/mol. The summed E-state index contributed by atoms with van der Waals surface area (Å²) in [6, 6.07) is 26.0. The number of nitrogens with zero attached hydrogens (tertiary/aromatic N) is 5. The van der Waals surface area contributed by atoms with Gasteiger partial charge in [0.25, 0.3) is 5.89 Å². The number of nitrogens with one attached hydrogen (secondary N) is 1. The second-order valence-electron chi connectivity index (χ2n) is 9.75. The molecule has 40 heavy (non-hydrogen) atoms. The van der Waals surface area contributed by atoms with Crippen LogP contribution in [0, 0.1) is 0 Å². The average Bonchev–Trinajstić information content (AvgIpc) is 3.43. The maximum atomic E-state index is 13.4. The Balaban J connectivity index is 1.25. The number of aliphatic imine (C=N–C) groups is 1. The number of morpholine rings is 1. The number of pyridine rings is 1. The van der Waals surface area contributed by atoms with Gasteiger partial charge in [-0.3, -0.25) is 9.79 Å². The Kier molecular flexibility index (Phi) is 6.25. The molecule has 5 aromatic rings. The van der Waals surface area contributed by atoms with Crippen molar-refractivity contribution in [1.82, 2.24) is 15.2 Å². The molecule has 1 N–H and O–H groups in total. The lowest BCUT2D eigenvalue weighted by molar-refractivity contribution is -0.119. The molecule has 1 fully saturated rings. The van der Waals surface area contributed by atoms with Crippen LogP contribution in [0.1, 0.15) is 16.7 Å². The fourth-order valence-electron chi connectivity index (χ4n) is 5.31. The predicted molar refractivity (Wildman–Crippen MR) is 153 cm³/mol. The van der Waals surface area contributed by atoms with E-state index in [0.717, 1.165) is 52.0 Å². The zero-order valence-electron chi connectivity index (χ0n) is 21.7. The number of rotatable bonds is 5. The van der Waals surface area contributed by atoms with Crippen LogP contribution in [-0.2, 0) is 16.0 Å². The second-order valence-corrected chi connectivity index (χ2v) is 9.75. The maximum Gasteiger partial charge on any atom is 0.317 e. The average molecular weight is 531 g/mol. The summed E-state index contributed by atoms with van der Waals surface area (Å²) in [7, 11) is 0. The highest BCUT2D eigenvalue weighted by Gasteiger charge is 2.28. The van der Waals surface area contributed by atoms with Crippen LogP contribution < -0.4 is 10.2 Å². The largest absolute Gasteiger partial charge is 0.402 e. The van der Waals surface area contributed by atoms with Crippen molar-refractivity contribution in [2.75, 3.05) is 36.5 Å². The third-order valence-corrected chi connectivity index (χ3v) is 7.24. The van der Waals surface area contributed by atoms with Gasteiger partial charge in [0.1, 0.15) is 0 Å². The number of carbonyl (C=O) groups excluding carboxylic acids is 1. The molecule has 2 aromatic heterocycles. The number of hydrogen-bond acceptors (Lipinski definition) is 9. The van der Waals surface area contributed by atoms with Gasteiger partial charge in [-0.25, -0.2) is 4.98 Å². The van der Waals surface area contributed by atoms with E-state index < -0.39 is 6.17 Å². The second kappa shape index (κ2) is 10.3. The first kappa shape index (κ1) is 24.2. The van der Waals surface area contributed by atoms with Crippen LogP contribution >= 0.6 is 0 Å². The first-order chi connectivity index (χ1) is 19.7. The fourth-order valence-corrected chi connectivity index (χ4v) is 5.31. The molecule has 1 saturated heterocycles. The molecule has 0 radical (unpaired) electrons. The van der Waals surface area contributed by atoms with E-state index in [1.165, 1.54) is 0 Å². The van der Waals surface area contributed by atoms with Crippen LogP contribution in [0.15, 0.2) is 94.5 Å². The number of carbonyl (C=O) groups is 1. The third-order valence-electron chi connectivity index (χ3n) is 7.24. The smallest absolute Gasteiger partial charge is 0.317 e. The summed E-state index contributed by atoms with van der Waals surface area (Å²) in [4.78, 5) is 25.2. The van der Waals surface area contributed by atoms with E-state index in [0.29, 0.717) is 18.9 Å². The van der Waals surface area contributed by atoms with Gasteiger partial charge in [0, 0.05) is 47.6 Å². The highest BCUT2D eigenvalue weighted by Crippen LogP contribution is 2.36. The van der Waals surface area contributed by atoms with Gasteiger partial charge in [-0.15, -0.1) is 5.10 Å². The minimum atomic E-state index is -0.890. The Bertz CT molecular complexity index is 1730. The lowest BCUT2D eigenvalue weighted by Gasteiger charge is -2.30. The zero-order valence-corrected chi connectivity index (χ0v) is 21.7. The summed E-state index contributed by atoms with van der Waals surface area (Å²) in [5, 5.41) is 13.7. The molecule has 0 saturated carbocycles. The molecule has 0 amide bonds. The summed E-state index contributed by atoms with van der Waals surface area (Å²) < 4.78 is 11.7. The van der Waals surface area contributed by atoms with E-state index >= 15 is 0 Å². The van der Waals surface area contributed by atoms with Crippen LogP contribution in [0.4, 0.5) is 11.7 Å². The van der Waals surface area contributed by atoms with Gasteiger partial charge < -0.3 is 19.4 Å². The molecule has 0 unspecified atom stereocenters. The lowest BCUT2D eigenvalue weighted by atomic mass is 9.96. The highest BCUT2D eigenvalue weighted by atomic mass is 16.5.